The number of likely N-dealkylation sites (tertiary alicyclic amines) is 1. The molecule has 1 aliphatic rings. The molecule has 2 rings (SSSR count). The van der Waals surface area contributed by atoms with E-state index in [4.69, 9.17) is 14.2 Å². The molecule has 1 aromatic rings. The minimum absolute atomic E-state index is 0.00826. The van der Waals surface area contributed by atoms with Crippen LogP contribution in [0, 0.1) is 5.41 Å². The molecule has 1 aromatic carbocycles. The smallest absolute Gasteiger partial charge is 0.325 e. The van der Waals surface area contributed by atoms with Gasteiger partial charge in [-0.05, 0) is 12.6 Å². The number of rotatable bonds is 4. The predicted octanol–water partition coefficient (Wildman–Crippen LogP) is 0.590. The van der Waals surface area contributed by atoms with Crippen molar-refractivity contribution < 1.29 is 28.6 Å². The third kappa shape index (κ3) is 2.65. The van der Waals surface area contributed by atoms with Gasteiger partial charge in [-0.1, -0.05) is 30.3 Å². The fourth-order valence-electron chi connectivity index (χ4n) is 3.51. The van der Waals surface area contributed by atoms with Gasteiger partial charge in [0, 0.05) is 12.5 Å². The molecule has 1 aliphatic heterocycles. The maximum atomic E-state index is 12.6. The average Bonchev–Trinajstić information content (AvgIpc) is 2.94. The highest BCUT2D eigenvalue weighted by molar-refractivity contribution is 6.03. The van der Waals surface area contributed by atoms with Gasteiger partial charge >= 0.3 is 17.9 Å². The molecule has 0 N–H and O–H groups in total. The van der Waals surface area contributed by atoms with E-state index in [2.05, 4.69) is 0 Å². The first-order valence-electron chi connectivity index (χ1n) is 7.43. The van der Waals surface area contributed by atoms with Crippen molar-refractivity contribution in [2.75, 3.05) is 34.9 Å². The Morgan fingerprint density at radius 3 is 2.00 bits per heavy atom. The molecule has 7 nitrogen and oxygen atoms in total. The first-order chi connectivity index (χ1) is 11.4. The summed E-state index contributed by atoms with van der Waals surface area (Å²) in [6, 6.07) is 8.09. The molecule has 7 heteroatoms. The van der Waals surface area contributed by atoms with E-state index in [0.29, 0.717) is 5.56 Å². The number of carbonyl (C=O) groups excluding carboxylic acids is 3. The largest absolute Gasteiger partial charge is 0.468 e. The summed E-state index contributed by atoms with van der Waals surface area (Å²) >= 11 is 0. The van der Waals surface area contributed by atoms with Gasteiger partial charge < -0.3 is 14.2 Å². The van der Waals surface area contributed by atoms with Crippen LogP contribution in [0.3, 0.4) is 0 Å². The summed E-state index contributed by atoms with van der Waals surface area (Å²) in [7, 11) is 5.35. The van der Waals surface area contributed by atoms with Crippen LogP contribution in [0.25, 0.3) is 0 Å². The number of likely N-dealkylation sites (N-methyl/N-ethyl adjacent to an activating group) is 1. The Bertz CT molecular complexity index is 613. The Morgan fingerprint density at radius 1 is 1.00 bits per heavy atom. The van der Waals surface area contributed by atoms with Crippen LogP contribution in [-0.2, 0) is 28.6 Å². The molecule has 0 aromatic heterocycles. The second-order valence-corrected chi connectivity index (χ2v) is 5.73. The van der Waals surface area contributed by atoms with Crippen LogP contribution in [0.5, 0.6) is 0 Å². The Balaban J connectivity index is 2.69. The summed E-state index contributed by atoms with van der Waals surface area (Å²) in [5, 5.41) is 0. The van der Waals surface area contributed by atoms with Crippen LogP contribution in [0.15, 0.2) is 30.3 Å². The first-order valence-corrected chi connectivity index (χ1v) is 7.43. The van der Waals surface area contributed by atoms with Crippen LogP contribution in [-0.4, -0.2) is 63.8 Å². The summed E-state index contributed by atoms with van der Waals surface area (Å²) < 4.78 is 14.7. The molecule has 0 saturated carbocycles. The van der Waals surface area contributed by atoms with Crippen molar-refractivity contribution in [1.29, 1.82) is 0 Å². The standard InChI is InChI=1S/C17H21NO6/c1-18-10-17(15(20)23-3,16(21)24-4)12(13(18)14(19)22-2)11-8-6-5-7-9-11/h5-9,12-13H,10H2,1-4H3/t12-,13+/m0/s1. The van der Waals surface area contributed by atoms with E-state index in [1.807, 2.05) is 6.07 Å². The zero-order valence-corrected chi connectivity index (χ0v) is 14.1. The molecule has 0 spiro atoms. The van der Waals surface area contributed by atoms with E-state index in [0.717, 1.165) is 0 Å². The normalized spacial score (nSPS) is 22.7. The lowest BCUT2D eigenvalue weighted by molar-refractivity contribution is -0.169. The highest BCUT2D eigenvalue weighted by Crippen LogP contribution is 2.48. The van der Waals surface area contributed by atoms with Gasteiger partial charge in [0.25, 0.3) is 0 Å². The zero-order valence-electron chi connectivity index (χ0n) is 14.1. The topological polar surface area (TPSA) is 82.1 Å². The van der Waals surface area contributed by atoms with E-state index in [9.17, 15) is 14.4 Å². The third-order valence-corrected chi connectivity index (χ3v) is 4.52. The average molecular weight is 335 g/mol. The van der Waals surface area contributed by atoms with Gasteiger partial charge in [0.1, 0.15) is 6.04 Å². The van der Waals surface area contributed by atoms with Crippen LogP contribution in [0.2, 0.25) is 0 Å². The van der Waals surface area contributed by atoms with Crippen LogP contribution in [0.4, 0.5) is 0 Å². The second kappa shape index (κ2) is 7.00. The summed E-state index contributed by atoms with van der Waals surface area (Å²) in [6.07, 6.45) is 0. The lowest BCUT2D eigenvalue weighted by atomic mass is 9.71. The van der Waals surface area contributed by atoms with Crippen molar-refractivity contribution in [2.24, 2.45) is 5.41 Å². The molecule has 0 aliphatic carbocycles. The number of benzene rings is 1. The number of methoxy groups -OCH3 is 3. The molecule has 130 valence electrons. The van der Waals surface area contributed by atoms with Crippen molar-refractivity contribution in [3.63, 3.8) is 0 Å². The van der Waals surface area contributed by atoms with Gasteiger partial charge in [0.2, 0.25) is 0 Å². The van der Waals surface area contributed by atoms with Crippen molar-refractivity contribution in [2.45, 2.75) is 12.0 Å². The second-order valence-electron chi connectivity index (χ2n) is 5.73. The zero-order chi connectivity index (χ0) is 17.9. The van der Waals surface area contributed by atoms with E-state index >= 15 is 0 Å². The molecular formula is C17H21NO6. The number of nitrogens with zero attached hydrogens (tertiary/aromatic N) is 1. The predicted molar refractivity (Wildman–Crippen MR) is 84.1 cm³/mol. The summed E-state index contributed by atoms with van der Waals surface area (Å²) in [5.41, 5.74) is -0.980. The maximum absolute atomic E-state index is 12.6. The fraction of sp³-hybridized carbons (Fsp3) is 0.471. The SMILES string of the molecule is COC(=O)[C@H]1[C@H](c2ccccc2)C(C(=O)OC)(C(=O)OC)CN1C. The molecule has 1 heterocycles. The molecule has 0 amide bonds. The van der Waals surface area contributed by atoms with E-state index in [-0.39, 0.29) is 6.54 Å². The molecule has 0 unspecified atom stereocenters. The molecule has 24 heavy (non-hydrogen) atoms. The Hall–Kier alpha value is -2.41. The minimum Gasteiger partial charge on any atom is -0.468 e. The highest BCUT2D eigenvalue weighted by atomic mass is 16.5. The number of esters is 3. The summed E-state index contributed by atoms with van der Waals surface area (Å²) in [4.78, 5) is 39.2. The molecular weight excluding hydrogens is 314 g/mol. The molecule has 1 saturated heterocycles. The van der Waals surface area contributed by atoms with Gasteiger partial charge in [-0.25, -0.2) is 0 Å². The van der Waals surface area contributed by atoms with Gasteiger partial charge in [-0.2, -0.15) is 0 Å². The molecule has 0 bridgehead atoms. The lowest BCUT2D eigenvalue weighted by Gasteiger charge is -2.31. The van der Waals surface area contributed by atoms with Crippen LogP contribution < -0.4 is 0 Å². The number of hydrogen-bond donors (Lipinski definition) is 0. The summed E-state index contributed by atoms with van der Waals surface area (Å²) in [6.45, 7) is -0.00826. The molecule has 0 radical (unpaired) electrons. The summed E-state index contributed by atoms with van der Waals surface area (Å²) in [5.74, 6) is -2.78. The van der Waals surface area contributed by atoms with Crippen molar-refractivity contribution in [3.05, 3.63) is 35.9 Å². The van der Waals surface area contributed by atoms with Gasteiger partial charge in [0.05, 0.1) is 21.3 Å². The van der Waals surface area contributed by atoms with E-state index < -0.39 is 35.3 Å². The highest BCUT2D eigenvalue weighted by Gasteiger charge is 2.65. The maximum Gasteiger partial charge on any atom is 0.325 e. The van der Waals surface area contributed by atoms with E-state index in [1.165, 1.54) is 21.3 Å². The number of carbonyl (C=O) groups is 3. The van der Waals surface area contributed by atoms with Gasteiger partial charge in [-0.15, -0.1) is 0 Å². The lowest BCUT2D eigenvalue weighted by Crippen LogP contribution is -2.47. The van der Waals surface area contributed by atoms with Gasteiger partial charge in [0.15, 0.2) is 5.41 Å². The Morgan fingerprint density at radius 2 is 1.54 bits per heavy atom. The quantitative estimate of drug-likeness (QED) is 0.452. The van der Waals surface area contributed by atoms with E-state index in [1.54, 1.807) is 36.2 Å². The molecule has 1 fully saturated rings. The third-order valence-electron chi connectivity index (χ3n) is 4.52. The number of ether oxygens (including phenoxy) is 3. The Labute approximate surface area is 140 Å². The van der Waals surface area contributed by atoms with Crippen molar-refractivity contribution >= 4 is 17.9 Å². The molecule has 2 atom stereocenters. The van der Waals surface area contributed by atoms with Crippen molar-refractivity contribution in [1.82, 2.24) is 4.90 Å². The first kappa shape index (κ1) is 17.9. The fourth-order valence-corrected chi connectivity index (χ4v) is 3.51. The van der Waals surface area contributed by atoms with Crippen LogP contribution >= 0.6 is 0 Å². The van der Waals surface area contributed by atoms with Crippen LogP contribution in [0.1, 0.15) is 11.5 Å². The van der Waals surface area contributed by atoms with Crippen molar-refractivity contribution in [3.8, 4) is 0 Å². The number of hydrogen-bond acceptors (Lipinski definition) is 7. The minimum atomic E-state index is -1.64. The monoisotopic (exact) mass is 335 g/mol. The Kier molecular flexibility index (Phi) is 5.23. The van der Waals surface area contributed by atoms with Gasteiger partial charge in [-0.3, -0.25) is 19.3 Å².